The Morgan fingerprint density at radius 2 is 1.85 bits per heavy atom. The van der Waals surface area contributed by atoms with E-state index in [1.165, 1.54) is 11.1 Å². The smallest absolute Gasteiger partial charge is 0.271 e. The van der Waals surface area contributed by atoms with Gasteiger partial charge in [-0.1, -0.05) is 48.2 Å². The fourth-order valence-electron chi connectivity index (χ4n) is 2.98. The molecule has 1 aromatic heterocycles. The minimum absolute atomic E-state index is 0.189. The van der Waals surface area contributed by atoms with Crippen LogP contribution in [0.4, 0.5) is 0 Å². The number of rotatable bonds is 5. The first-order chi connectivity index (χ1) is 13.2. The molecule has 0 spiro atoms. The molecular formula is C20H19N5OS. The molecule has 0 saturated carbocycles. The van der Waals surface area contributed by atoms with E-state index in [4.69, 9.17) is 0 Å². The van der Waals surface area contributed by atoms with Gasteiger partial charge in [0.15, 0.2) is 5.16 Å². The molecular weight excluding hydrogens is 358 g/mol. The number of aryl methyl sites for hydroxylation is 1. The Labute approximate surface area is 161 Å². The van der Waals surface area contributed by atoms with Gasteiger partial charge in [0.2, 0.25) is 0 Å². The third-order valence-electron chi connectivity index (χ3n) is 4.48. The number of hydrazone groups is 1. The van der Waals surface area contributed by atoms with E-state index in [0.717, 1.165) is 35.0 Å². The van der Waals surface area contributed by atoms with Crippen LogP contribution < -0.4 is 5.43 Å². The first-order valence-electron chi connectivity index (χ1n) is 8.67. The van der Waals surface area contributed by atoms with Crippen molar-refractivity contribution in [2.24, 2.45) is 12.1 Å². The van der Waals surface area contributed by atoms with Crippen molar-refractivity contribution in [3.63, 3.8) is 0 Å². The summed E-state index contributed by atoms with van der Waals surface area (Å²) in [6.07, 6.45) is 3.28. The lowest BCUT2D eigenvalue weighted by Crippen LogP contribution is -2.19. The zero-order valence-corrected chi connectivity index (χ0v) is 15.7. The SMILES string of the molecule is Cn1cnnc1SCc1ccc(C(=O)NN=C2Cc3ccccc3C2)cc1. The highest BCUT2D eigenvalue weighted by atomic mass is 32.2. The fourth-order valence-corrected chi connectivity index (χ4v) is 3.83. The van der Waals surface area contributed by atoms with Crippen LogP contribution in [0.5, 0.6) is 0 Å². The highest BCUT2D eigenvalue weighted by Crippen LogP contribution is 2.21. The number of nitrogens with one attached hydrogen (secondary N) is 1. The third-order valence-corrected chi connectivity index (χ3v) is 5.58. The molecule has 1 heterocycles. The summed E-state index contributed by atoms with van der Waals surface area (Å²) in [5.74, 6) is 0.584. The maximum absolute atomic E-state index is 12.3. The number of fused-ring (bicyclic) bond motifs is 1. The minimum Gasteiger partial charge on any atom is -0.312 e. The lowest BCUT2D eigenvalue weighted by molar-refractivity contribution is 0.0954. The Kier molecular flexibility index (Phi) is 5.02. The summed E-state index contributed by atoms with van der Waals surface area (Å²) in [5, 5.41) is 13.1. The molecule has 0 bridgehead atoms. The van der Waals surface area contributed by atoms with Gasteiger partial charge in [0, 0.05) is 36.9 Å². The quantitative estimate of drug-likeness (QED) is 0.548. The number of carbonyl (C=O) groups excluding carboxylic acids is 1. The summed E-state index contributed by atoms with van der Waals surface area (Å²) < 4.78 is 1.88. The molecule has 1 aliphatic carbocycles. The van der Waals surface area contributed by atoms with Crippen LogP contribution in [0.1, 0.15) is 27.0 Å². The number of thioether (sulfide) groups is 1. The first kappa shape index (κ1) is 17.5. The number of hydrogen-bond donors (Lipinski definition) is 1. The Hall–Kier alpha value is -2.93. The van der Waals surface area contributed by atoms with Crippen LogP contribution in [0.25, 0.3) is 0 Å². The molecule has 0 fully saturated rings. The molecule has 0 radical (unpaired) electrons. The Balaban J connectivity index is 1.33. The highest BCUT2D eigenvalue weighted by Gasteiger charge is 2.16. The van der Waals surface area contributed by atoms with Gasteiger partial charge >= 0.3 is 0 Å². The topological polar surface area (TPSA) is 72.2 Å². The summed E-state index contributed by atoms with van der Waals surface area (Å²) in [7, 11) is 1.92. The van der Waals surface area contributed by atoms with Gasteiger partial charge in [0.25, 0.3) is 5.91 Å². The third kappa shape index (κ3) is 4.09. The van der Waals surface area contributed by atoms with Crippen molar-refractivity contribution < 1.29 is 4.79 Å². The molecule has 27 heavy (non-hydrogen) atoms. The van der Waals surface area contributed by atoms with Gasteiger partial charge in [-0.05, 0) is 28.8 Å². The van der Waals surface area contributed by atoms with Crippen molar-refractivity contribution in [3.8, 4) is 0 Å². The largest absolute Gasteiger partial charge is 0.312 e. The predicted octanol–water partition coefficient (Wildman–Crippen LogP) is 2.99. The molecule has 3 aromatic rings. The van der Waals surface area contributed by atoms with Crippen LogP contribution in [0, 0.1) is 0 Å². The molecule has 0 atom stereocenters. The van der Waals surface area contributed by atoms with Gasteiger partial charge in [-0.2, -0.15) is 5.10 Å². The molecule has 7 heteroatoms. The van der Waals surface area contributed by atoms with Gasteiger partial charge in [-0.15, -0.1) is 10.2 Å². The Bertz CT molecular complexity index is 967. The molecule has 136 valence electrons. The van der Waals surface area contributed by atoms with Gasteiger partial charge in [-0.25, -0.2) is 5.43 Å². The van der Waals surface area contributed by atoms with Crippen LogP contribution in [-0.2, 0) is 25.6 Å². The molecule has 6 nitrogen and oxygen atoms in total. The summed E-state index contributed by atoms with van der Waals surface area (Å²) in [5.41, 5.74) is 7.96. The van der Waals surface area contributed by atoms with Crippen molar-refractivity contribution in [2.45, 2.75) is 23.8 Å². The Morgan fingerprint density at radius 3 is 2.48 bits per heavy atom. The second-order valence-electron chi connectivity index (χ2n) is 6.45. The predicted molar refractivity (Wildman–Crippen MR) is 106 cm³/mol. The fraction of sp³-hybridized carbons (Fsp3) is 0.200. The maximum atomic E-state index is 12.3. The van der Waals surface area contributed by atoms with E-state index in [-0.39, 0.29) is 5.91 Å². The average molecular weight is 377 g/mol. The van der Waals surface area contributed by atoms with E-state index < -0.39 is 0 Å². The van der Waals surface area contributed by atoms with Gasteiger partial charge in [0.05, 0.1) is 0 Å². The minimum atomic E-state index is -0.189. The van der Waals surface area contributed by atoms with Crippen molar-refractivity contribution in [2.75, 3.05) is 0 Å². The number of benzene rings is 2. The molecule has 1 amide bonds. The lowest BCUT2D eigenvalue weighted by atomic mass is 10.1. The van der Waals surface area contributed by atoms with Crippen LogP contribution in [0.2, 0.25) is 0 Å². The molecule has 0 unspecified atom stereocenters. The van der Waals surface area contributed by atoms with Gasteiger partial charge in [0.1, 0.15) is 6.33 Å². The number of hydrogen-bond acceptors (Lipinski definition) is 5. The van der Waals surface area contributed by atoms with E-state index in [1.807, 2.05) is 48.0 Å². The molecule has 0 aliphatic heterocycles. The van der Waals surface area contributed by atoms with Crippen LogP contribution >= 0.6 is 11.8 Å². The number of carbonyl (C=O) groups is 1. The van der Waals surface area contributed by atoms with E-state index in [1.54, 1.807) is 18.1 Å². The zero-order valence-electron chi connectivity index (χ0n) is 14.9. The molecule has 1 N–H and O–H groups in total. The van der Waals surface area contributed by atoms with Crippen LogP contribution in [-0.4, -0.2) is 26.4 Å². The van der Waals surface area contributed by atoms with Crippen LogP contribution in [0.3, 0.4) is 0 Å². The number of amides is 1. The summed E-state index contributed by atoms with van der Waals surface area (Å²) in [6, 6.07) is 15.8. The van der Waals surface area contributed by atoms with Crippen molar-refractivity contribution >= 4 is 23.4 Å². The average Bonchev–Trinajstić information content (AvgIpc) is 3.30. The van der Waals surface area contributed by atoms with E-state index >= 15 is 0 Å². The molecule has 2 aromatic carbocycles. The van der Waals surface area contributed by atoms with E-state index in [0.29, 0.717) is 5.56 Å². The first-order valence-corrected chi connectivity index (χ1v) is 9.66. The van der Waals surface area contributed by atoms with E-state index in [2.05, 4.69) is 32.9 Å². The van der Waals surface area contributed by atoms with E-state index in [9.17, 15) is 4.79 Å². The maximum Gasteiger partial charge on any atom is 0.271 e. The van der Waals surface area contributed by atoms with Gasteiger partial charge in [-0.3, -0.25) is 4.79 Å². The second kappa shape index (κ2) is 7.75. The monoisotopic (exact) mass is 377 g/mol. The van der Waals surface area contributed by atoms with Crippen molar-refractivity contribution in [1.82, 2.24) is 20.2 Å². The van der Waals surface area contributed by atoms with Crippen LogP contribution in [0.15, 0.2) is 65.1 Å². The zero-order chi connectivity index (χ0) is 18.6. The number of nitrogens with zero attached hydrogens (tertiary/aromatic N) is 4. The van der Waals surface area contributed by atoms with Gasteiger partial charge < -0.3 is 4.57 Å². The summed E-state index contributed by atoms with van der Waals surface area (Å²) >= 11 is 1.61. The molecule has 4 rings (SSSR count). The molecule has 1 aliphatic rings. The molecule has 0 saturated heterocycles. The Morgan fingerprint density at radius 1 is 1.15 bits per heavy atom. The summed E-state index contributed by atoms with van der Waals surface area (Å²) in [6.45, 7) is 0. The lowest BCUT2D eigenvalue weighted by Gasteiger charge is -2.04. The number of aromatic nitrogens is 3. The van der Waals surface area contributed by atoms with Crippen molar-refractivity contribution in [1.29, 1.82) is 0 Å². The normalized spacial score (nSPS) is 12.7. The van der Waals surface area contributed by atoms with Crippen molar-refractivity contribution in [3.05, 3.63) is 77.1 Å². The standard InChI is InChI=1S/C20H19N5OS/c1-25-13-21-24-20(25)27-12-14-6-8-15(9-7-14)19(26)23-22-18-10-16-4-2-3-5-17(16)11-18/h2-9,13H,10-12H2,1H3,(H,23,26). The highest BCUT2D eigenvalue weighted by molar-refractivity contribution is 7.98. The summed E-state index contributed by atoms with van der Waals surface area (Å²) in [4.78, 5) is 12.3. The second-order valence-corrected chi connectivity index (χ2v) is 7.39.